The van der Waals surface area contributed by atoms with Crippen molar-refractivity contribution in [2.45, 2.75) is 25.9 Å². The first kappa shape index (κ1) is 15.7. The highest BCUT2D eigenvalue weighted by Gasteiger charge is 2.13. The van der Waals surface area contributed by atoms with Crippen LogP contribution in [0.25, 0.3) is 0 Å². The molecule has 116 valence electrons. The third-order valence-corrected chi connectivity index (χ3v) is 3.11. The normalized spacial score (nSPS) is 11.7. The number of aromatic nitrogens is 3. The number of carbonyl (C=O) groups is 2. The molecule has 1 N–H and O–H groups in total. The van der Waals surface area contributed by atoms with Crippen LogP contribution in [0.4, 0.5) is 0 Å². The highest BCUT2D eigenvalue weighted by Crippen LogP contribution is 2.07. The van der Waals surface area contributed by atoms with E-state index < -0.39 is 0 Å². The zero-order chi connectivity index (χ0) is 15.9. The molecule has 0 saturated heterocycles. The zero-order valence-corrected chi connectivity index (χ0v) is 12.5. The van der Waals surface area contributed by atoms with E-state index in [1.54, 1.807) is 30.1 Å². The molecule has 7 nitrogen and oxygen atoms in total. The Labute approximate surface area is 128 Å². The van der Waals surface area contributed by atoms with Crippen molar-refractivity contribution >= 4 is 11.9 Å². The van der Waals surface area contributed by atoms with Crippen LogP contribution in [0.2, 0.25) is 0 Å². The second-order valence-electron chi connectivity index (χ2n) is 4.94. The lowest BCUT2D eigenvalue weighted by Crippen LogP contribution is -2.34. The average molecular weight is 302 g/mol. The number of rotatable bonds is 6. The van der Waals surface area contributed by atoms with Crippen molar-refractivity contribution in [3.8, 4) is 0 Å². The van der Waals surface area contributed by atoms with Gasteiger partial charge in [0.15, 0.2) is 0 Å². The molecule has 7 heteroatoms. The van der Waals surface area contributed by atoms with Crippen molar-refractivity contribution in [2.24, 2.45) is 0 Å². The van der Waals surface area contributed by atoms with Gasteiger partial charge >= 0.3 is 5.97 Å². The molecule has 0 bridgehead atoms. The maximum atomic E-state index is 12.1. The van der Waals surface area contributed by atoms with Crippen LogP contribution in [0.3, 0.4) is 0 Å². The van der Waals surface area contributed by atoms with Gasteiger partial charge < -0.3 is 10.1 Å². The summed E-state index contributed by atoms with van der Waals surface area (Å²) in [7, 11) is 1.32. The maximum absolute atomic E-state index is 12.1. The number of benzene rings is 1. The first-order valence-corrected chi connectivity index (χ1v) is 6.87. The molecule has 1 amide bonds. The van der Waals surface area contributed by atoms with Crippen molar-refractivity contribution in [1.29, 1.82) is 0 Å². The number of methoxy groups -OCH3 is 1. The number of hydrogen-bond donors (Lipinski definition) is 1. The Balaban J connectivity index is 1.92. The number of amides is 1. The van der Waals surface area contributed by atoms with Crippen molar-refractivity contribution in [1.82, 2.24) is 20.1 Å². The first-order chi connectivity index (χ1) is 10.6. The molecule has 1 heterocycles. The molecule has 0 saturated carbocycles. The molecule has 1 aromatic carbocycles. The monoisotopic (exact) mass is 302 g/mol. The number of nitrogens with zero attached hydrogens (tertiary/aromatic N) is 3. The summed E-state index contributed by atoms with van der Waals surface area (Å²) < 4.78 is 6.27. The Morgan fingerprint density at radius 1 is 1.32 bits per heavy atom. The Hall–Kier alpha value is -2.70. The van der Waals surface area contributed by atoms with E-state index in [4.69, 9.17) is 0 Å². The van der Waals surface area contributed by atoms with Gasteiger partial charge in [-0.2, -0.15) is 5.10 Å². The van der Waals surface area contributed by atoms with E-state index in [9.17, 15) is 9.59 Å². The van der Waals surface area contributed by atoms with Gasteiger partial charge in [0.25, 0.3) is 5.91 Å². The van der Waals surface area contributed by atoms with Crippen molar-refractivity contribution in [2.75, 3.05) is 7.11 Å². The number of hydrogen-bond acceptors (Lipinski definition) is 5. The van der Waals surface area contributed by atoms with Crippen LogP contribution in [-0.4, -0.2) is 39.8 Å². The number of nitrogens with one attached hydrogen (secondary N) is 1. The molecule has 0 radical (unpaired) electrons. The smallest absolute Gasteiger partial charge is 0.307 e. The molecule has 2 aromatic rings. The van der Waals surface area contributed by atoms with Gasteiger partial charge in [-0.15, -0.1) is 0 Å². The molecule has 1 aromatic heterocycles. The molecule has 0 aliphatic rings. The van der Waals surface area contributed by atoms with E-state index in [0.29, 0.717) is 12.1 Å². The van der Waals surface area contributed by atoms with E-state index in [1.807, 2.05) is 12.1 Å². The molecule has 1 unspecified atom stereocenters. The Kier molecular flexibility index (Phi) is 5.24. The average Bonchev–Trinajstić information content (AvgIpc) is 3.00. The van der Waals surface area contributed by atoms with Crippen molar-refractivity contribution in [3.05, 3.63) is 48.0 Å². The van der Waals surface area contributed by atoms with Crippen molar-refractivity contribution < 1.29 is 14.3 Å². The van der Waals surface area contributed by atoms with Gasteiger partial charge in [0.1, 0.15) is 12.7 Å². The molecule has 0 aliphatic heterocycles. The highest BCUT2D eigenvalue weighted by molar-refractivity contribution is 5.94. The van der Waals surface area contributed by atoms with Crippen LogP contribution < -0.4 is 5.32 Å². The number of ether oxygens (including phenoxy) is 1. The Morgan fingerprint density at radius 2 is 2.05 bits per heavy atom. The van der Waals surface area contributed by atoms with Crippen LogP contribution in [-0.2, 0) is 16.1 Å². The van der Waals surface area contributed by atoms with Gasteiger partial charge in [-0.1, -0.05) is 12.1 Å². The van der Waals surface area contributed by atoms with Crippen LogP contribution in [0.15, 0.2) is 36.9 Å². The summed E-state index contributed by atoms with van der Waals surface area (Å²) in [5.41, 5.74) is 1.56. The summed E-state index contributed by atoms with van der Waals surface area (Å²) in [6, 6.07) is 6.93. The molecular weight excluding hydrogens is 284 g/mol. The van der Waals surface area contributed by atoms with Gasteiger partial charge in [-0.3, -0.25) is 9.59 Å². The fourth-order valence-corrected chi connectivity index (χ4v) is 1.95. The zero-order valence-electron chi connectivity index (χ0n) is 12.5. The van der Waals surface area contributed by atoms with E-state index in [1.165, 1.54) is 13.4 Å². The minimum atomic E-state index is -0.351. The predicted molar refractivity (Wildman–Crippen MR) is 79.1 cm³/mol. The second kappa shape index (κ2) is 7.35. The van der Waals surface area contributed by atoms with Gasteiger partial charge in [-0.25, -0.2) is 9.67 Å². The minimum absolute atomic E-state index is 0.145. The van der Waals surface area contributed by atoms with E-state index in [0.717, 1.165) is 5.56 Å². The van der Waals surface area contributed by atoms with E-state index in [-0.39, 0.29) is 24.3 Å². The van der Waals surface area contributed by atoms with E-state index in [2.05, 4.69) is 20.1 Å². The number of esters is 1. The molecule has 22 heavy (non-hydrogen) atoms. The fourth-order valence-electron chi connectivity index (χ4n) is 1.95. The van der Waals surface area contributed by atoms with Crippen LogP contribution in [0.1, 0.15) is 29.3 Å². The summed E-state index contributed by atoms with van der Waals surface area (Å²) in [5.74, 6) is -0.570. The Bertz CT molecular complexity index is 623. The molecule has 1 atom stereocenters. The Morgan fingerprint density at radius 3 is 2.64 bits per heavy atom. The minimum Gasteiger partial charge on any atom is -0.469 e. The molecule has 2 rings (SSSR count). The highest BCUT2D eigenvalue weighted by atomic mass is 16.5. The number of carbonyl (C=O) groups excluding carboxylic acids is 2. The predicted octanol–water partition coefficient (Wildman–Crippen LogP) is 1.01. The largest absolute Gasteiger partial charge is 0.469 e. The maximum Gasteiger partial charge on any atom is 0.307 e. The topological polar surface area (TPSA) is 86.1 Å². The molecule has 0 aliphatic carbocycles. The van der Waals surface area contributed by atoms with Crippen LogP contribution in [0.5, 0.6) is 0 Å². The summed E-state index contributed by atoms with van der Waals surface area (Å²) in [6.45, 7) is 2.36. The second-order valence-corrected chi connectivity index (χ2v) is 4.94. The van der Waals surface area contributed by atoms with Gasteiger partial charge in [0.05, 0.1) is 20.1 Å². The lowest BCUT2D eigenvalue weighted by Gasteiger charge is -2.12. The van der Waals surface area contributed by atoms with Gasteiger partial charge in [-0.05, 0) is 24.6 Å². The first-order valence-electron chi connectivity index (χ1n) is 6.87. The summed E-state index contributed by atoms with van der Waals surface area (Å²) in [6.07, 6.45) is 3.26. The summed E-state index contributed by atoms with van der Waals surface area (Å²) in [4.78, 5) is 27.1. The third-order valence-electron chi connectivity index (χ3n) is 3.11. The molecular formula is C15H18N4O3. The van der Waals surface area contributed by atoms with Crippen molar-refractivity contribution in [3.63, 3.8) is 0 Å². The summed E-state index contributed by atoms with van der Waals surface area (Å²) in [5, 5.41) is 6.79. The van der Waals surface area contributed by atoms with Gasteiger partial charge in [0.2, 0.25) is 0 Å². The van der Waals surface area contributed by atoms with Crippen LogP contribution in [0, 0.1) is 0 Å². The van der Waals surface area contributed by atoms with Gasteiger partial charge in [0, 0.05) is 11.6 Å². The quantitative estimate of drug-likeness (QED) is 0.805. The third kappa shape index (κ3) is 4.41. The van der Waals surface area contributed by atoms with Crippen LogP contribution >= 0.6 is 0 Å². The SMILES string of the molecule is COC(=O)CC(C)NC(=O)c1ccc(Cn2cncn2)cc1. The molecule has 0 fully saturated rings. The van der Waals surface area contributed by atoms with E-state index >= 15 is 0 Å². The molecule has 0 spiro atoms. The lowest BCUT2D eigenvalue weighted by molar-refractivity contribution is -0.141. The standard InChI is InChI=1S/C15H18N4O3/c1-11(7-14(20)22-2)18-15(21)13-5-3-12(4-6-13)8-19-10-16-9-17-19/h3-6,9-11H,7-8H2,1-2H3,(H,18,21). The summed E-state index contributed by atoms with van der Waals surface area (Å²) >= 11 is 0. The fraction of sp³-hybridized carbons (Fsp3) is 0.333. The lowest BCUT2D eigenvalue weighted by atomic mass is 10.1.